The molecule has 1 saturated carbocycles. The standard InChI is InChI=1S/C28H34F4O/c1-3-5-6-7-8-18-33-24-17-16-23(27(31)28(24)32)22-15-14-21(25(29)26(22)30)20-12-10-19(9-4-2)11-13-20/h4,9,14-17,19-20H,3,5-8,10-13,18H2,1-2H3. The van der Waals surface area contributed by atoms with Crippen LogP contribution in [0.4, 0.5) is 17.6 Å². The monoisotopic (exact) mass is 462 g/mol. The number of hydrogen-bond acceptors (Lipinski definition) is 1. The van der Waals surface area contributed by atoms with E-state index in [9.17, 15) is 17.6 Å². The lowest BCUT2D eigenvalue weighted by atomic mass is 9.78. The Morgan fingerprint density at radius 3 is 2.09 bits per heavy atom. The maximum atomic E-state index is 15.0. The molecule has 0 aliphatic heterocycles. The highest BCUT2D eigenvalue weighted by atomic mass is 19.2. The van der Waals surface area contributed by atoms with Gasteiger partial charge in [-0.2, -0.15) is 4.39 Å². The van der Waals surface area contributed by atoms with Crippen molar-refractivity contribution in [2.45, 2.75) is 77.6 Å². The lowest BCUT2D eigenvalue weighted by molar-refractivity contribution is 0.285. The van der Waals surface area contributed by atoms with Crippen molar-refractivity contribution < 1.29 is 22.3 Å². The molecular weight excluding hydrogens is 428 g/mol. The summed E-state index contributed by atoms with van der Waals surface area (Å²) in [4.78, 5) is 0. The minimum atomic E-state index is -1.23. The van der Waals surface area contributed by atoms with Crippen molar-refractivity contribution >= 4 is 0 Å². The molecule has 0 bridgehead atoms. The van der Waals surface area contributed by atoms with E-state index in [1.165, 1.54) is 24.3 Å². The summed E-state index contributed by atoms with van der Waals surface area (Å²) >= 11 is 0. The Morgan fingerprint density at radius 2 is 1.42 bits per heavy atom. The van der Waals surface area contributed by atoms with Crippen molar-refractivity contribution in [1.29, 1.82) is 0 Å². The Balaban J connectivity index is 1.73. The van der Waals surface area contributed by atoms with Crippen LogP contribution in [0, 0.1) is 29.2 Å². The number of ether oxygens (including phenoxy) is 1. The van der Waals surface area contributed by atoms with Gasteiger partial charge in [-0.05, 0) is 68.6 Å². The van der Waals surface area contributed by atoms with E-state index < -0.39 is 23.3 Å². The quantitative estimate of drug-likeness (QED) is 0.194. The molecule has 1 aliphatic rings. The summed E-state index contributed by atoms with van der Waals surface area (Å²) in [7, 11) is 0. The van der Waals surface area contributed by atoms with E-state index >= 15 is 0 Å². The van der Waals surface area contributed by atoms with Gasteiger partial charge in [-0.25, -0.2) is 13.2 Å². The van der Waals surface area contributed by atoms with Crippen molar-refractivity contribution in [2.75, 3.05) is 6.61 Å². The van der Waals surface area contributed by atoms with Gasteiger partial charge in [0.1, 0.15) is 0 Å². The second-order valence-corrected chi connectivity index (χ2v) is 8.97. The third-order valence-corrected chi connectivity index (χ3v) is 6.63. The minimum Gasteiger partial charge on any atom is -0.490 e. The number of rotatable bonds is 10. The summed E-state index contributed by atoms with van der Waals surface area (Å²) in [5.74, 6) is -4.29. The molecule has 2 aromatic carbocycles. The summed E-state index contributed by atoms with van der Waals surface area (Å²) in [5, 5.41) is 0. The Hall–Kier alpha value is -2.30. The normalized spacial score (nSPS) is 18.7. The zero-order valence-electron chi connectivity index (χ0n) is 19.6. The number of benzene rings is 2. The fourth-order valence-corrected chi connectivity index (χ4v) is 4.72. The third kappa shape index (κ3) is 6.18. The van der Waals surface area contributed by atoms with Crippen molar-refractivity contribution in [3.63, 3.8) is 0 Å². The summed E-state index contributed by atoms with van der Waals surface area (Å²) in [6.45, 7) is 4.39. The minimum absolute atomic E-state index is 0.0651. The van der Waals surface area contributed by atoms with E-state index in [0.717, 1.165) is 57.8 Å². The van der Waals surface area contributed by atoms with Crippen LogP contribution in [0.2, 0.25) is 0 Å². The zero-order chi connectivity index (χ0) is 23.8. The number of halogens is 4. The van der Waals surface area contributed by atoms with E-state index in [1.807, 2.05) is 13.0 Å². The van der Waals surface area contributed by atoms with E-state index in [2.05, 4.69) is 13.0 Å². The van der Waals surface area contributed by atoms with Crippen molar-refractivity contribution in [2.24, 2.45) is 5.92 Å². The van der Waals surface area contributed by atoms with Crippen LogP contribution in [0.1, 0.15) is 83.1 Å². The van der Waals surface area contributed by atoms with Gasteiger partial charge in [0.25, 0.3) is 0 Å². The van der Waals surface area contributed by atoms with E-state index in [4.69, 9.17) is 4.74 Å². The van der Waals surface area contributed by atoms with Gasteiger partial charge in [0.2, 0.25) is 5.82 Å². The molecule has 0 aromatic heterocycles. The average Bonchev–Trinajstić information content (AvgIpc) is 2.82. The predicted molar refractivity (Wildman–Crippen MR) is 125 cm³/mol. The lowest BCUT2D eigenvalue weighted by Gasteiger charge is -2.27. The fraction of sp³-hybridized carbons (Fsp3) is 0.500. The second kappa shape index (κ2) is 12.2. The first kappa shape index (κ1) is 25.3. The van der Waals surface area contributed by atoms with Gasteiger partial charge >= 0.3 is 0 Å². The Morgan fingerprint density at radius 1 is 0.788 bits per heavy atom. The maximum absolute atomic E-state index is 15.0. The average molecular weight is 463 g/mol. The van der Waals surface area contributed by atoms with Crippen LogP contribution >= 0.6 is 0 Å². The Bertz CT molecular complexity index is 945. The van der Waals surface area contributed by atoms with Gasteiger partial charge in [-0.15, -0.1) is 0 Å². The molecule has 0 amide bonds. The summed E-state index contributed by atoms with van der Waals surface area (Å²) in [6.07, 6.45) is 12.6. The molecule has 3 rings (SSSR count). The SMILES string of the molecule is CC=CC1CCC(c2ccc(-c3ccc(OCCCCCCC)c(F)c3F)c(F)c2F)CC1. The molecule has 0 atom stereocenters. The first-order valence-electron chi connectivity index (χ1n) is 12.2. The molecule has 0 heterocycles. The van der Waals surface area contributed by atoms with Crippen molar-refractivity contribution in [1.82, 2.24) is 0 Å². The van der Waals surface area contributed by atoms with E-state index in [-0.39, 0.29) is 29.4 Å². The molecule has 2 aromatic rings. The van der Waals surface area contributed by atoms with Crippen LogP contribution in [0.25, 0.3) is 11.1 Å². The van der Waals surface area contributed by atoms with Crippen LogP contribution < -0.4 is 4.74 Å². The lowest BCUT2D eigenvalue weighted by Crippen LogP contribution is -2.13. The first-order chi connectivity index (χ1) is 16.0. The largest absolute Gasteiger partial charge is 0.490 e. The van der Waals surface area contributed by atoms with E-state index in [0.29, 0.717) is 11.5 Å². The molecule has 33 heavy (non-hydrogen) atoms. The van der Waals surface area contributed by atoms with Gasteiger partial charge < -0.3 is 4.74 Å². The first-order valence-corrected chi connectivity index (χ1v) is 12.2. The molecule has 5 heteroatoms. The van der Waals surface area contributed by atoms with Crippen LogP contribution in [0.15, 0.2) is 36.4 Å². The molecule has 0 radical (unpaired) electrons. The highest BCUT2D eigenvalue weighted by Gasteiger charge is 2.27. The molecule has 1 aliphatic carbocycles. The highest BCUT2D eigenvalue weighted by Crippen LogP contribution is 2.40. The number of hydrogen-bond donors (Lipinski definition) is 0. The molecule has 0 spiro atoms. The molecule has 0 saturated heterocycles. The van der Waals surface area contributed by atoms with Gasteiger partial charge in [-0.3, -0.25) is 0 Å². The van der Waals surface area contributed by atoms with Crippen molar-refractivity contribution in [3.8, 4) is 16.9 Å². The van der Waals surface area contributed by atoms with Gasteiger partial charge in [0, 0.05) is 11.1 Å². The predicted octanol–water partition coefficient (Wildman–Crippen LogP) is 9.11. The Kier molecular flexibility index (Phi) is 9.40. The van der Waals surface area contributed by atoms with E-state index in [1.54, 1.807) is 0 Å². The molecule has 0 N–H and O–H groups in total. The molecule has 0 unspecified atom stereocenters. The fourth-order valence-electron chi connectivity index (χ4n) is 4.72. The number of unbranched alkanes of at least 4 members (excludes halogenated alkanes) is 4. The molecule has 180 valence electrons. The van der Waals surface area contributed by atoms with Gasteiger partial charge in [0.15, 0.2) is 23.2 Å². The maximum Gasteiger partial charge on any atom is 0.201 e. The summed E-state index contributed by atoms with van der Waals surface area (Å²) < 4.78 is 64.6. The third-order valence-electron chi connectivity index (χ3n) is 6.63. The summed E-state index contributed by atoms with van der Waals surface area (Å²) in [6, 6.07) is 5.42. The van der Waals surface area contributed by atoms with Crippen molar-refractivity contribution in [3.05, 3.63) is 65.2 Å². The number of allylic oxidation sites excluding steroid dienone is 2. The van der Waals surface area contributed by atoms with Crippen LogP contribution in [0.5, 0.6) is 5.75 Å². The van der Waals surface area contributed by atoms with Crippen LogP contribution in [-0.4, -0.2) is 6.61 Å². The van der Waals surface area contributed by atoms with Gasteiger partial charge in [-0.1, -0.05) is 56.9 Å². The topological polar surface area (TPSA) is 9.23 Å². The summed E-state index contributed by atoms with van der Waals surface area (Å²) in [5.41, 5.74) is -0.261. The smallest absolute Gasteiger partial charge is 0.201 e. The second-order valence-electron chi connectivity index (χ2n) is 8.97. The highest BCUT2D eigenvalue weighted by molar-refractivity contribution is 5.66. The van der Waals surface area contributed by atoms with Crippen LogP contribution in [-0.2, 0) is 0 Å². The zero-order valence-corrected chi connectivity index (χ0v) is 19.6. The molecular formula is C28H34F4O. The van der Waals surface area contributed by atoms with Crippen LogP contribution in [0.3, 0.4) is 0 Å². The molecule has 1 fully saturated rings. The Labute approximate surface area is 194 Å². The molecule has 1 nitrogen and oxygen atoms in total. The van der Waals surface area contributed by atoms with Gasteiger partial charge in [0.05, 0.1) is 6.61 Å².